The molecule has 5 rings (SSSR count). The van der Waals surface area contributed by atoms with E-state index >= 15 is 0 Å². The van der Waals surface area contributed by atoms with Gasteiger partial charge in [-0.2, -0.15) is 0 Å². The molecule has 2 saturated carbocycles. The van der Waals surface area contributed by atoms with Crippen LogP contribution in [0.25, 0.3) is 0 Å². The SMILES string of the molecule is C[C@@H]1CN=C2N(CC3CC(F)C3)C(=O)c3cc(S(=O)(=O)NC4(C)CC4)ccc3N21. The van der Waals surface area contributed by atoms with E-state index < -0.39 is 16.2 Å². The maximum Gasteiger partial charge on any atom is 0.262 e. The number of aliphatic imine (C=N–C) groups is 1. The molecule has 0 spiro atoms. The number of nitrogens with one attached hydrogen (secondary N) is 1. The van der Waals surface area contributed by atoms with Gasteiger partial charge in [0.15, 0.2) is 0 Å². The highest BCUT2D eigenvalue weighted by Gasteiger charge is 2.44. The summed E-state index contributed by atoms with van der Waals surface area (Å²) in [5.41, 5.74) is 0.655. The van der Waals surface area contributed by atoms with E-state index in [1.165, 1.54) is 6.07 Å². The quantitative estimate of drug-likeness (QED) is 0.792. The van der Waals surface area contributed by atoms with E-state index in [0.717, 1.165) is 12.8 Å². The average Bonchev–Trinajstić information content (AvgIpc) is 3.22. The lowest BCUT2D eigenvalue weighted by atomic mass is 9.83. The summed E-state index contributed by atoms with van der Waals surface area (Å²) in [6.45, 7) is 4.87. The van der Waals surface area contributed by atoms with Crippen molar-refractivity contribution in [1.29, 1.82) is 0 Å². The molecule has 4 aliphatic rings. The fourth-order valence-corrected chi connectivity index (χ4v) is 5.82. The standard InChI is InChI=1S/C20H25FN4O3S/c1-12-10-22-19-24(11-13-7-14(21)8-13)18(26)16-9-15(3-4-17(16)25(12)19)29(27,28)23-20(2)5-6-20/h3-4,9,12-14,23H,5-8,10-11H2,1-2H3/t12-,13?,14?/m1/s1. The Morgan fingerprint density at radius 3 is 2.69 bits per heavy atom. The zero-order valence-corrected chi connectivity index (χ0v) is 17.4. The number of nitrogens with zero attached hydrogens (tertiary/aromatic N) is 3. The molecule has 1 atom stereocenters. The Hall–Kier alpha value is -2.00. The summed E-state index contributed by atoms with van der Waals surface area (Å²) in [4.78, 5) is 21.6. The molecular formula is C20H25FN4O3S. The lowest BCUT2D eigenvalue weighted by molar-refractivity contribution is 0.0719. The average molecular weight is 421 g/mol. The van der Waals surface area contributed by atoms with Gasteiger partial charge in [0.2, 0.25) is 16.0 Å². The van der Waals surface area contributed by atoms with Crippen molar-refractivity contribution < 1.29 is 17.6 Å². The second-order valence-corrected chi connectivity index (χ2v) is 10.7. The fourth-order valence-electron chi connectivity index (χ4n) is 4.33. The van der Waals surface area contributed by atoms with Gasteiger partial charge in [-0.15, -0.1) is 0 Å². The van der Waals surface area contributed by atoms with E-state index in [-0.39, 0.29) is 28.3 Å². The molecule has 9 heteroatoms. The largest absolute Gasteiger partial charge is 0.307 e. The van der Waals surface area contributed by atoms with Gasteiger partial charge in [0.05, 0.1) is 28.7 Å². The number of amides is 1. The minimum atomic E-state index is -3.71. The molecule has 0 saturated heterocycles. The first-order valence-corrected chi connectivity index (χ1v) is 11.6. The molecule has 1 aromatic rings. The van der Waals surface area contributed by atoms with Crippen molar-refractivity contribution in [2.45, 2.75) is 62.2 Å². The predicted octanol–water partition coefficient (Wildman–Crippen LogP) is 2.29. The summed E-state index contributed by atoms with van der Waals surface area (Å²) in [7, 11) is -3.71. The van der Waals surface area contributed by atoms with E-state index in [0.29, 0.717) is 43.1 Å². The highest BCUT2D eigenvalue weighted by Crippen LogP contribution is 2.39. The van der Waals surface area contributed by atoms with E-state index in [1.54, 1.807) is 17.0 Å². The number of rotatable bonds is 5. The molecular weight excluding hydrogens is 395 g/mol. The number of halogens is 1. The second kappa shape index (κ2) is 6.25. The Bertz CT molecular complexity index is 1010. The zero-order valence-electron chi connectivity index (χ0n) is 16.6. The number of carbonyl (C=O) groups excluding carboxylic acids is 1. The van der Waals surface area contributed by atoms with Gasteiger partial charge >= 0.3 is 0 Å². The molecule has 29 heavy (non-hydrogen) atoms. The Balaban J connectivity index is 1.51. The molecule has 156 valence electrons. The Morgan fingerprint density at radius 2 is 2.03 bits per heavy atom. The number of hydrogen-bond acceptors (Lipinski definition) is 5. The number of anilines is 1. The van der Waals surface area contributed by atoms with Crippen LogP contribution in [0.4, 0.5) is 10.1 Å². The van der Waals surface area contributed by atoms with Crippen LogP contribution in [0.15, 0.2) is 28.1 Å². The van der Waals surface area contributed by atoms with Gasteiger partial charge in [-0.25, -0.2) is 17.5 Å². The molecule has 2 fully saturated rings. The van der Waals surface area contributed by atoms with Crippen molar-refractivity contribution in [1.82, 2.24) is 9.62 Å². The molecule has 2 aliphatic heterocycles. The normalized spacial score (nSPS) is 29.8. The summed E-state index contributed by atoms with van der Waals surface area (Å²) in [5, 5.41) is 0. The maximum absolute atomic E-state index is 13.3. The van der Waals surface area contributed by atoms with Gasteiger partial charge in [0.1, 0.15) is 6.17 Å². The van der Waals surface area contributed by atoms with Gasteiger partial charge in [-0.1, -0.05) is 0 Å². The van der Waals surface area contributed by atoms with Crippen LogP contribution in [0.2, 0.25) is 0 Å². The lowest BCUT2D eigenvalue weighted by Gasteiger charge is -2.41. The first kappa shape index (κ1) is 19.0. The summed E-state index contributed by atoms with van der Waals surface area (Å²) >= 11 is 0. The minimum absolute atomic E-state index is 0.0700. The topological polar surface area (TPSA) is 82.1 Å². The van der Waals surface area contributed by atoms with Gasteiger partial charge in [0, 0.05) is 12.1 Å². The third kappa shape index (κ3) is 3.15. The predicted molar refractivity (Wildman–Crippen MR) is 107 cm³/mol. The van der Waals surface area contributed by atoms with E-state index in [1.807, 2.05) is 18.7 Å². The van der Waals surface area contributed by atoms with Gasteiger partial charge in [-0.3, -0.25) is 14.7 Å². The van der Waals surface area contributed by atoms with Crippen molar-refractivity contribution in [3.63, 3.8) is 0 Å². The maximum atomic E-state index is 13.3. The summed E-state index contributed by atoms with van der Waals surface area (Å²) in [6, 6.07) is 4.80. The van der Waals surface area contributed by atoms with Crippen LogP contribution < -0.4 is 9.62 Å². The van der Waals surface area contributed by atoms with Crippen LogP contribution in [0.5, 0.6) is 0 Å². The number of hydrogen-bond donors (Lipinski definition) is 1. The van der Waals surface area contributed by atoms with Crippen molar-refractivity contribution in [3.8, 4) is 0 Å². The smallest absolute Gasteiger partial charge is 0.262 e. The molecule has 7 nitrogen and oxygen atoms in total. The van der Waals surface area contributed by atoms with Gasteiger partial charge < -0.3 is 4.90 Å². The van der Waals surface area contributed by atoms with Crippen LogP contribution >= 0.6 is 0 Å². The van der Waals surface area contributed by atoms with Crippen molar-refractivity contribution in [3.05, 3.63) is 23.8 Å². The lowest BCUT2D eigenvalue weighted by Crippen LogP contribution is -2.54. The molecule has 0 radical (unpaired) electrons. The molecule has 1 aromatic carbocycles. The summed E-state index contributed by atoms with van der Waals surface area (Å²) in [5.74, 6) is 0.442. The molecule has 0 unspecified atom stereocenters. The Morgan fingerprint density at radius 1 is 1.31 bits per heavy atom. The van der Waals surface area contributed by atoms with Crippen LogP contribution in [0, 0.1) is 5.92 Å². The zero-order chi connectivity index (χ0) is 20.6. The molecule has 0 aromatic heterocycles. The van der Waals surface area contributed by atoms with Gasteiger partial charge in [-0.05, 0) is 63.6 Å². The number of guanidine groups is 1. The van der Waals surface area contributed by atoms with Crippen molar-refractivity contribution in [2.24, 2.45) is 10.9 Å². The molecule has 1 N–H and O–H groups in total. The highest BCUT2D eigenvalue weighted by molar-refractivity contribution is 7.89. The molecule has 2 heterocycles. The van der Waals surface area contributed by atoms with Crippen molar-refractivity contribution >= 4 is 27.6 Å². The number of alkyl halides is 1. The first-order chi connectivity index (χ1) is 13.7. The van der Waals surface area contributed by atoms with Crippen LogP contribution in [0.1, 0.15) is 49.9 Å². The van der Waals surface area contributed by atoms with Crippen LogP contribution in [-0.2, 0) is 10.0 Å². The van der Waals surface area contributed by atoms with E-state index in [4.69, 9.17) is 0 Å². The number of fused-ring (bicyclic) bond motifs is 3. The summed E-state index contributed by atoms with van der Waals surface area (Å²) in [6.07, 6.45) is 1.74. The highest BCUT2D eigenvalue weighted by atomic mass is 32.2. The molecule has 0 bridgehead atoms. The van der Waals surface area contributed by atoms with Crippen LogP contribution in [-0.4, -0.2) is 56.0 Å². The number of benzene rings is 1. The minimum Gasteiger partial charge on any atom is -0.307 e. The second-order valence-electron chi connectivity index (χ2n) is 9.06. The Kier molecular flexibility index (Phi) is 4.09. The monoisotopic (exact) mass is 420 g/mol. The van der Waals surface area contributed by atoms with Crippen LogP contribution in [0.3, 0.4) is 0 Å². The number of carbonyl (C=O) groups is 1. The molecule has 1 amide bonds. The van der Waals surface area contributed by atoms with Gasteiger partial charge in [0.25, 0.3) is 5.91 Å². The molecule has 2 aliphatic carbocycles. The van der Waals surface area contributed by atoms with E-state index in [9.17, 15) is 17.6 Å². The summed E-state index contributed by atoms with van der Waals surface area (Å²) < 4.78 is 41.6. The third-order valence-corrected chi connectivity index (χ3v) is 8.04. The third-order valence-electron chi connectivity index (χ3n) is 6.41. The first-order valence-electron chi connectivity index (χ1n) is 10.1. The van der Waals surface area contributed by atoms with Crippen molar-refractivity contribution in [2.75, 3.05) is 18.0 Å². The van der Waals surface area contributed by atoms with E-state index in [2.05, 4.69) is 9.71 Å². The Labute approximate surface area is 170 Å². The fraction of sp³-hybridized carbons (Fsp3) is 0.600. The number of sulfonamides is 1.